The number of hydrogen-bond acceptors (Lipinski definition) is 5. The van der Waals surface area contributed by atoms with Gasteiger partial charge in [-0.25, -0.2) is 4.79 Å². The van der Waals surface area contributed by atoms with Crippen LogP contribution in [0.2, 0.25) is 0 Å². The summed E-state index contributed by atoms with van der Waals surface area (Å²) in [7, 11) is 1.54. The molecule has 116 valence electrons. The lowest BCUT2D eigenvalue weighted by atomic mass is 10.1. The number of rotatable bonds is 5. The van der Waals surface area contributed by atoms with Crippen molar-refractivity contribution in [2.75, 3.05) is 13.7 Å². The van der Waals surface area contributed by atoms with Crippen molar-refractivity contribution in [2.45, 2.75) is 13.8 Å². The number of benzene rings is 1. The Balaban J connectivity index is 2.02. The maximum atomic E-state index is 12.1. The Morgan fingerprint density at radius 1 is 1.23 bits per heavy atom. The molecule has 0 aliphatic carbocycles. The van der Waals surface area contributed by atoms with Crippen LogP contribution in [-0.2, 0) is 4.74 Å². The number of carbonyl (C=O) groups excluding carboxylic acids is 2. The van der Waals surface area contributed by atoms with Gasteiger partial charge in [0, 0.05) is 5.56 Å². The fourth-order valence-corrected chi connectivity index (χ4v) is 2.51. The zero-order valence-electron chi connectivity index (χ0n) is 12.4. The highest BCUT2D eigenvalue weighted by atomic mass is 79.9. The standard InChI is InChI=1S/C16H15BrO5/c1-9-6-12(10(2)22-9)16(19)21-8-14(18)11-4-5-15(20-3)13(17)7-11/h4-7H,8H2,1-3H3. The number of esters is 1. The van der Waals surface area contributed by atoms with Crippen LogP contribution in [0.15, 0.2) is 33.2 Å². The van der Waals surface area contributed by atoms with Crippen LogP contribution >= 0.6 is 15.9 Å². The van der Waals surface area contributed by atoms with Crippen molar-refractivity contribution < 1.29 is 23.5 Å². The Labute approximate surface area is 136 Å². The third-order valence-corrected chi connectivity index (χ3v) is 3.69. The third kappa shape index (κ3) is 3.57. The second-order valence-corrected chi connectivity index (χ2v) is 5.53. The van der Waals surface area contributed by atoms with Crippen LogP contribution in [-0.4, -0.2) is 25.5 Å². The molecule has 1 heterocycles. The van der Waals surface area contributed by atoms with Gasteiger partial charge in [0.2, 0.25) is 0 Å². The van der Waals surface area contributed by atoms with Gasteiger partial charge >= 0.3 is 5.97 Å². The maximum Gasteiger partial charge on any atom is 0.342 e. The molecule has 22 heavy (non-hydrogen) atoms. The number of ketones is 1. The first-order valence-corrected chi connectivity index (χ1v) is 7.32. The Kier molecular flexibility index (Phi) is 5.03. The molecule has 2 rings (SSSR count). The van der Waals surface area contributed by atoms with Crippen LogP contribution in [0.4, 0.5) is 0 Å². The predicted octanol–water partition coefficient (Wildman–Crippen LogP) is 3.71. The lowest BCUT2D eigenvalue weighted by Crippen LogP contribution is -2.14. The van der Waals surface area contributed by atoms with Gasteiger partial charge in [-0.1, -0.05) is 0 Å². The average molecular weight is 367 g/mol. The van der Waals surface area contributed by atoms with E-state index in [0.717, 1.165) is 0 Å². The number of carbonyl (C=O) groups is 2. The molecule has 0 unspecified atom stereocenters. The van der Waals surface area contributed by atoms with Gasteiger partial charge in [-0.15, -0.1) is 0 Å². The Morgan fingerprint density at radius 2 is 1.95 bits per heavy atom. The Morgan fingerprint density at radius 3 is 2.50 bits per heavy atom. The summed E-state index contributed by atoms with van der Waals surface area (Å²) in [6.45, 7) is 3.08. The van der Waals surface area contributed by atoms with E-state index < -0.39 is 5.97 Å². The first-order valence-electron chi connectivity index (χ1n) is 6.53. The van der Waals surface area contributed by atoms with Crippen molar-refractivity contribution in [1.82, 2.24) is 0 Å². The van der Waals surface area contributed by atoms with Crippen LogP contribution in [0.1, 0.15) is 32.2 Å². The molecule has 0 fully saturated rings. The second-order valence-electron chi connectivity index (χ2n) is 4.68. The van der Waals surface area contributed by atoms with Gasteiger partial charge in [0.05, 0.1) is 11.6 Å². The van der Waals surface area contributed by atoms with Gasteiger partial charge in [0.1, 0.15) is 22.8 Å². The molecule has 0 amide bonds. The van der Waals surface area contributed by atoms with E-state index in [1.165, 1.54) is 0 Å². The first-order chi connectivity index (χ1) is 10.4. The fraction of sp³-hybridized carbons (Fsp3) is 0.250. The molecule has 0 atom stereocenters. The largest absolute Gasteiger partial charge is 0.496 e. The van der Waals surface area contributed by atoms with E-state index in [0.29, 0.717) is 32.9 Å². The lowest BCUT2D eigenvalue weighted by Gasteiger charge is -2.06. The van der Waals surface area contributed by atoms with Crippen molar-refractivity contribution in [3.05, 3.63) is 51.4 Å². The maximum absolute atomic E-state index is 12.1. The Bertz CT molecular complexity index is 717. The van der Waals surface area contributed by atoms with Gasteiger partial charge in [0.15, 0.2) is 12.4 Å². The summed E-state index contributed by atoms with van der Waals surface area (Å²) in [5.41, 5.74) is 0.766. The zero-order chi connectivity index (χ0) is 16.3. The van der Waals surface area contributed by atoms with Gasteiger partial charge < -0.3 is 13.9 Å². The molecule has 1 aromatic carbocycles. The highest BCUT2D eigenvalue weighted by Crippen LogP contribution is 2.25. The summed E-state index contributed by atoms with van der Waals surface area (Å²) in [4.78, 5) is 24.0. The summed E-state index contributed by atoms with van der Waals surface area (Å²) in [6.07, 6.45) is 0. The van der Waals surface area contributed by atoms with Crippen LogP contribution in [0.25, 0.3) is 0 Å². The van der Waals surface area contributed by atoms with E-state index >= 15 is 0 Å². The minimum absolute atomic E-state index is 0.297. The third-order valence-electron chi connectivity index (χ3n) is 3.07. The van der Waals surface area contributed by atoms with Crippen LogP contribution < -0.4 is 4.74 Å². The van der Waals surface area contributed by atoms with E-state index in [1.807, 2.05) is 0 Å². The molecule has 6 heteroatoms. The normalized spacial score (nSPS) is 10.4. The van der Waals surface area contributed by atoms with E-state index in [-0.39, 0.29) is 12.4 Å². The average Bonchev–Trinajstić information content (AvgIpc) is 2.83. The number of methoxy groups -OCH3 is 1. The smallest absolute Gasteiger partial charge is 0.342 e. The van der Waals surface area contributed by atoms with E-state index in [2.05, 4.69) is 15.9 Å². The van der Waals surface area contributed by atoms with Crippen LogP contribution in [0, 0.1) is 13.8 Å². The molecule has 1 aromatic heterocycles. The van der Waals surface area contributed by atoms with Crippen molar-refractivity contribution in [3.63, 3.8) is 0 Å². The molecule has 0 saturated heterocycles. The van der Waals surface area contributed by atoms with Crippen molar-refractivity contribution >= 4 is 27.7 Å². The summed E-state index contributed by atoms with van der Waals surface area (Å²) in [5, 5.41) is 0. The SMILES string of the molecule is COc1ccc(C(=O)COC(=O)c2cc(C)oc2C)cc1Br. The number of Topliss-reactive ketones (excluding diaryl/α,β-unsaturated/α-hetero) is 1. The number of ether oxygens (including phenoxy) is 2. The molecule has 0 saturated carbocycles. The minimum atomic E-state index is -0.574. The fourth-order valence-electron chi connectivity index (χ4n) is 1.97. The summed E-state index contributed by atoms with van der Waals surface area (Å²) < 4.78 is 16.1. The summed E-state index contributed by atoms with van der Waals surface area (Å²) >= 11 is 3.31. The topological polar surface area (TPSA) is 65.7 Å². The van der Waals surface area contributed by atoms with E-state index in [9.17, 15) is 9.59 Å². The number of halogens is 1. The van der Waals surface area contributed by atoms with E-state index in [4.69, 9.17) is 13.9 Å². The highest BCUT2D eigenvalue weighted by Gasteiger charge is 2.17. The summed E-state index contributed by atoms with van der Waals surface area (Å²) in [5.74, 6) is 0.847. The first kappa shape index (κ1) is 16.3. The zero-order valence-corrected chi connectivity index (χ0v) is 14.0. The second kappa shape index (κ2) is 6.79. The Hall–Kier alpha value is -2.08. The predicted molar refractivity (Wildman–Crippen MR) is 83.5 cm³/mol. The lowest BCUT2D eigenvalue weighted by molar-refractivity contribution is 0.0473. The van der Waals surface area contributed by atoms with Crippen molar-refractivity contribution in [2.24, 2.45) is 0 Å². The van der Waals surface area contributed by atoms with Crippen LogP contribution in [0.3, 0.4) is 0 Å². The van der Waals surface area contributed by atoms with E-state index in [1.54, 1.807) is 45.2 Å². The number of furan rings is 1. The quantitative estimate of drug-likeness (QED) is 0.596. The summed E-state index contributed by atoms with van der Waals surface area (Å²) in [6, 6.07) is 6.50. The van der Waals surface area contributed by atoms with Crippen molar-refractivity contribution in [1.29, 1.82) is 0 Å². The number of aryl methyl sites for hydroxylation is 2. The minimum Gasteiger partial charge on any atom is -0.496 e. The molecule has 0 aliphatic rings. The molecule has 0 aliphatic heterocycles. The molecule has 5 nitrogen and oxygen atoms in total. The molecule has 0 bridgehead atoms. The molecule has 2 aromatic rings. The van der Waals surface area contributed by atoms with Gasteiger partial charge in [-0.05, 0) is 54.0 Å². The van der Waals surface area contributed by atoms with Crippen LogP contribution in [0.5, 0.6) is 5.75 Å². The van der Waals surface area contributed by atoms with Gasteiger partial charge in [-0.2, -0.15) is 0 Å². The van der Waals surface area contributed by atoms with Crippen molar-refractivity contribution in [3.8, 4) is 5.75 Å². The number of hydrogen-bond donors (Lipinski definition) is 0. The van der Waals surface area contributed by atoms with Gasteiger partial charge in [0.25, 0.3) is 0 Å². The highest BCUT2D eigenvalue weighted by molar-refractivity contribution is 9.10. The molecular weight excluding hydrogens is 352 g/mol. The molecule has 0 spiro atoms. The molecular formula is C16H15BrO5. The molecule has 0 radical (unpaired) electrons. The van der Waals surface area contributed by atoms with Gasteiger partial charge in [-0.3, -0.25) is 4.79 Å². The molecule has 0 N–H and O–H groups in total. The monoisotopic (exact) mass is 366 g/mol.